The monoisotopic (exact) mass is 381 g/mol. The SMILES string of the molecule is CC1(C)OB(c2ccc(-c3ccc4ccc5cccnc5c4c3)cc2)OC1(C)C. The molecule has 0 amide bonds. The van der Waals surface area contributed by atoms with E-state index in [0.717, 1.165) is 16.4 Å². The molecule has 2 heterocycles. The Morgan fingerprint density at radius 1 is 0.724 bits per heavy atom. The van der Waals surface area contributed by atoms with Gasteiger partial charge in [0.15, 0.2) is 0 Å². The Balaban J connectivity index is 1.50. The number of nitrogens with zero attached hydrogens (tertiary/aromatic N) is 1. The van der Waals surface area contributed by atoms with Gasteiger partial charge in [0.25, 0.3) is 0 Å². The largest absolute Gasteiger partial charge is 0.494 e. The van der Waals surface area contributed by atoms with E-state index in [-0.39, 0.29) is 18.3 Å². The third-order valence-electron chi connectivity index (χ3n) is 6.36. The fraction of sp³-hybridized carbons (Fsp3) is 0.240. The predicted octanol–water partition coefficient (Wildman–Crippen LogP) is 5.35. The lowest BCUT2D eigenvalue weighted by Gasteiger charge is -2.32. The first-order valence-electron chi connectivity index (χ1n) is 10.1. The maximum Gasteiger partial charge on any atom is 0.494 e. The zero-order valence-electron chi connectivity index (χ0n) is 17.3. The van der Waals surface area contributed by atoms with Crippen molar-refractivity contribution in [3.8, 4) is 11.1 Å². The van der Waals surface area contributed by atoms with Crippen molar-refractivity contribution in [1.82, 2.24) is 4.98 Å². The standard InChI is InChI=1S/C25H24BNO2/c1-24(2)25(3,4)29-26(28-24)21-13-11-17(12-14-21)20-10-8-18-7-9-19-6-5-15-27-23(19)22(18)16-20/h5-16H,1-4H3. The van der Waals surface area contributed by atoms with Gasteiger partial charge in [0.1, 0.15) is 0 Å². The summed E-state index contributed by atoms with van der Waals surface area (Å²) in [6, 6.07) is 23.4. The quantitative estimate of drug-likeness (QED) is 0.346. The number of aromatic nitrogens is 1. The van der Waals surface area contributed by atoms with E-state index >= 15 is 0 Å². The summed E-state index contributed by atoms with van der Waals surface area (Å²) in [6.07, 6.45) is 1.85. The second-order valence-corrected chi connectivity index (χ2v) is 8.79. The maximum atomic E-state index is 6.17. The van der Waals surface area contributed by atoms with Gasteiger partial charge in [-0.1, -0.05) is 54.6 Å². The van der Waals surface area contributed by atoms with Gasteiger partial charge < -0.3 is 9.31 Å². The van der Waals surface area contributed by atoms with Gasteiger partial charge in [-0.05, 0) is 61.8 Å². The average Bonchev–Trinajstić information content (AvgIpc) is 2.95. The minimum atomic E-state index is -0.334. The van der Waals surface area contributed by atoms with Crippen LogP contribution >= 0.6 is 0 Å². The number of hydrogen-bond acceptors (Lipinski definition) is 3. The van der Waals surface area contributed by atoms with Gasteiger partial charge in [0.05, 0.1) is 16.7 Å². The van der Waals surface area contributed by atoms with Gasteiger partial charge in [-0.15, -0.1) is 0 Å². The maximum absolute atomic E-state index is 6.17. The first kappa shape index (κ1) is 18.4. The van der Waals surface area contributed by atoms with Gasteiger partial charge in [-0.25, -0.2) is 0 Å². The number of fused-ring (bicyclic) bond motifs is 3. The van der Waals surface area contributed by atoms with Crippen LogP contribution in [0.25, 0.3) is 32.8 Å². The van der Waals surface area contributed by atoms with Crippen molar-refractivity contribution in [2.24, 2.45) is 0 Å². The molecule has 0 atom stereocenters. The second kappa shape index (κ2) is 6.41. The summed E-state index contributed by atoms with van der Waals surface area (Å²) in [6.45, 7) is 8.31. The van der Waals surface area contributed by atoms with Gasteiger partial charge >= 0.3 is 7.12 Å². The molecule has 1 aromatic heterocycles. The lowest BCUT2D eigenvalue weighted by molar-refractivity contribution is 0.00578. The van der Waals surface area contributed by atoms with Crippen LogP contribution in [0.2, 0.25) is 0 Å². The molecular formula is C25H24BNO2. The van der Waals surface area contributed by atoms with Crippen molar-refractivity contribution in [3.05, 3.63) is 72.9 Å². The molecule has 0 bridgehead atoms. The second-order valence-electron chi connectivity index (χ2n) is 8.79. The molecular weight excluding hydrogens is 357 g/mol. The van der Waals surface area contributed by atoms with E-state index in [4.69, 9.17) is 9.31 Å². The zero-order valence-corrected chi connectivity index (χ0v) is 17.3. The highest BCUT2D eigenvalue weighted by Gasteiger charge is 2.51. The first-order valence-corrected chi connectivity index (χ1v) is 10.1. The Labute approximate surface area is 171 Å². The van der Waals surface area contributed by atoms with E-state index in [9.17, 15) is 0 Å². The molecule has 0 N–H and O–H groups in total. The van der Waals surface area contributed by atoms with Crippen LogP contribution < -0.4 is 5.46 Å². The van der Waals surface area contributed by atoms with Crippen molar-refractivity contribution in [2.45, 2.75) is 38.9 Å². The van der Waals surface area contributed by atoms with Crippen LogP contribution in [0.4, 0.5) is 0 Å². The first-order chi connectivity index (χ1) is 13.8. The van der Waals surface area contributed by atoms with Crippen LogP contribution in [0.1, 0.15) is 27.7 Å². The molecule has 1 aliphatic rings. The molecule has 144 valence electrons. The molecule has 0 unspecified atom stereocenters. The molecule has 0 aliphatic carbocycles. The molecule has 3 nitrogen and oxygen atoms in total. The van der Waals surface area contributed by atoms with E-state index in [1.165, 1.54) is 21.9 Å². The third-order valence-corrected chi connectivity index (χ3v) is 6.36. The third kappa shape index (κ3) is 3.04. The molecule has 1 fully saturated rings. The van der Waals surface area contributed by atoms with E-state index in [1.807, 2.05) is 12.3 Å². The van der Waals surface area contributed by atoms with Gasteiger partial charge in [0, 0.05) is 17.0 Å². The molecule has 1 saturated heterocycles. The Hall–Kier alpha value is -2.69. The number of benzene rings is 3. The minimum absolute atomic E-state index is 0.331. The van der Waals surface area contributed by atoms with Crippen LogP contribution in [-0.4, -0.2) is 23.3 Å². The molecule has 5 rings (SSSR count). The molecule has 1 aliphatic heterocycles. The van der Waals surface area contributed by atoms with Crippen LogP contribution in [0.5, 0.6) is 0 Å². The summed E-state index contributed by atoms with van der Waals surface area (Å²) in [7, 11) is -0.334. The summed E-state index contributed by atoms with van der Waals surface area (Å²) in [5.41, 5.74) is 3.77. The molecule has 0 spiro atoms. The normalized spacial score (nSPS) is 17.9. The molecule has 29 heavy (non-hydrogen) atoms. The summed E-state index contributed by atoms with van der Waals surface area (Å²) in [4.78, 5) is 4.60. The van der Waals surface area contributed by atoms with Crippen LogP contribution in [0, 0.1) is 0 Å². The number of pyridine rings is 1. The highest BCUT2D eigenvalue weighted by molar-refractivity contribution is 6.62. The zero-order chi connectivity index (χ0) is 20.2. The summed E-state index contributed by atoms with van der Waals surface area (Å²) >= 11 is 0. The Kier molecular flexibility index (Phi) is 4.06. The average molecular weight is 381 g/mol. The van der Waals surface area contributed by atoms with Crippen LogP contribution in [-0.2, 0) is 9.31 Å². The van der Waals surface area contributed by atoms with Crippen molar-refractivity contribution in [2.75, 3.05) is 0 Å². The number of rotatable bonds is 2. The van der Waals surface area contributed by atoms with E-state index in [1.54, 1.807) is 0 Å². The highest BCUT2D eigenvalue weighted by Crippen LogP contribution is 2.36. The van der Waals surface area contributed by atoms with E-state index < -0.39 is 0 Å². The smallest absolute Gasteiger partial charge is 0.399 e. The highest BCUT2D eigenvalue weighted by atomic mass is 16.7. The van der Waals surface area contributed by atoms with Crippen molar-refractivity contribution >= 4 is 34.3 Å². The molecule has 3 aromatic carbocycles. The van der Waals surface area contributed by atoms with Gasteiger partial charge in [-0.3, -0.25) is 4.98 Å². The van der Waals surface area contributed by atoms with E-state index in [2.05, 4.69) is 93.3 Å². The van der Waals surface area contributed by atoms with Gasteiger partial charge in [-0.2, -0.15) is 0 Å². The minimum Gasteiger partial charge on any atom is -0.399 e. The summed E-state index contributed by atoms with van der Waals surface area (Å²) in [5, 5.41) is 3.54. The Morgan fingerprint density at radius 3 is 2.07 bits per heavy atom. The molecule has 4 aromatic rings. The van der Waals surface area contributed by atoms with E-state index in [0.29, 0.717) is 0 Å². The lowest BCUT2D eigenvalue weighted by atomic mass is 9.78. The summed E-state index contributed by atoms with van der Waals surface area (Å²) in [5.74, 6) is 0. The molecule has 0 radical (unpaired) electrons. The van der Waals surface area contributed by atoms with Crippen LogP contribution in [0.3, 0.4) is 0 Å². The predicted molar refractivity (Wildman–Crippen MR) is 120 cm³/mol. The fourth-order valence-electron chi connectivity index (χ4n) is 3.85. The fourth-order valence-corrected chi connectivity index (χ4v) is 3.85. The number of hydrogen-bond donors (Lipinski definition) is 0. The van der Waals surface area contributed by atoms with Crippen LogP contribution in [0.15, 0.2) is 72.9 Å². The van der Waals surface area contributed by atoms with Crippen molar-refractivity contribution in [3.63, 3.8) is 0 Å². The topological polar surface area (TPSA) is 31.4 Å². The van der Waals surface area contributed by atoms with Crippen molar-refractivity contribution in [1.29, 1.82) is 0 Å². The molecule has 0 saturated carbocycles. The molecule has 4 heteroatoms. The summed E-state index contributed by atoms with van der Waals surface area (Å²) < 4.78 is 12.3. The Morgan fingerprint density at radius 2 is 1.34 bits per heavy atom. The van der Waals surface area contributed by atoms with Crippen molar-refractivity contribution < 1.29 is 9.31 Å². The lowest BCUT2D eigenvalue weighted by Crippen LogP contribution is -2.41. The van der Waals surface area contributed by atoms with Gasteiger partial charge in [0.2, 0.25) is 0 Å². The Bertz CT molecular complexity index is 1200.